The van der Waals surface area contributed by atoms with Crippen LogP contribution in [0.25, 0.3) is 5.82 Å². The first-order valence-electron chi connectivity index (χ1n) is 6.57. The Morgan fingerprint density at radius 3 is 3.00 bits per heavy atom. The molecule has 1 fully saturated rings. The lowest BCUT2D eigenvalue weighted by Crippen LogP contribution is -2.39. The summed E-state index contributed by atoms with van der Waals surface area (Å²) < 4.78 is 1.65. The van der Waals surface area contributed by atoms with Crippen LogP contribution in [0.2, 0.25) is 0 Å². The van der Waals surface area contributed by atoms with Gasteiger partial charge < -0.3 is 10.2 Å². The summed E-state index contributed by atoms with van der Waals surface area (Å²) in [7, 11) is 2.17. The maximum atomic E-state index is 4.39. The molecule has 2 aromatic heterocycles. The fourth-order valence-corrected chi connectivity index (χ4v) is 2.45. The maximum absolute atomic E-state index is 4.39. The molecule has 0 spiro atoms. The van der Waals surface area contributed by atoms with Crippen molar-refractivity contribution in [3.05, 3.63) is 31.0 Å². The first kappa shape index (κ1) is 12.1. The van der Waals surface area contributed by atoms with E-state index in [4.69, 9.17) is 0 Å². The summed E-state index contributed by atoms with van der Waals surface area (Å²) in [6.45, 7) is 2.28. The first-order valence-corrected chi connectivity index (χ1v) is 6.57. The zero-order valence-corrected chi connectivity index (χ0v) is 11.0. The minimum atomic E-state index is 0.512. The van der Waals surface area contributed by atoms with Gasteiger partial charge in [0.05, 0.1) is 11.9 Å². The molecule has 6 nitrogen and oxygen atoms in total. The smallest absolute Gasteiger partial charge is 0.155 e. The van der Waals surface area contributed by atoms with Gasteiger partial charge in [-0.2, -0.15) is 5.10 Å². The first-order chi connectivity index (χ1) is 9.31. The Labute approximate surface area is 112 Å². The molecule has 1 unspecified atom stereocenters. The van der Waals surface area contributed by atoms with Crippen molar-refractivity contribution in [1.29, 1.82) is 0 Å². The number of anilines is 1. The average Bonchev–Trinajstić information content (AvgIpc) is 2.94. The summed E-state index contributed by atoms with van der Waals surface area (Å²) >= 11 is 0. The molecule has 1 aliphatic heterocycles. The van der Waals surface area contributed by atoms with Crippen molar-refractivity contribution in [1.82, 2.24) is 24.6 Å². The van der Waals surface area contributed by atoms with E-state index in [1.807, 2.05) is 18.3 Å². The quantitative estimate of drug-likeness (QED) is 0.895. The van der Waals surface area contributed by atoms with Crippen molar-refractivity contribution in [2.75, 3.05) is 25.5 Å². The third-order valence-electron chi connectivity index (χ3n) is 3.40. The van der Waals surface area contributed by atoms with Gasteiger partial charge in [0.1, 0.15) is 12.7 Å². The Kier molecular flexibility index (Phi) is 3.41. The minimum absolute atomic E-state index is 0.512. The molecule has 0 saturated carbocycles. The number of piperidine rings is 1. The molecule has 3 heterocycles. The summed E-state index contributed by atoms with van der Waals surface area (Å²) in [4.78, 5) is 10.7. The van der Waals surface area contributed by atoms with Crippen LogP contribution < -0.4 is 5.32 Å². The van der Waals surface area contributed by atoms with E-state index in [0.717, 1.165) is 18.1 Å². The SMILES string of the molecule is CN1CCCC(Nc2ccc(-n3cncn3)nc2)C1. The Bertz CT molecular complexity index is 506. The summed E-state index contributed by atoms with van der Waals surface area (Å²) in [5, 5.41) is 7.59. The molecular formula is C13H18N6. The zero-order chi connectivity index (χ0) is 13.1. The van der Waals surface area contributed by atoms with E-state index >= 15 is 0 Å². The number of nitrogens with zero attached hydrogens (tertiary/aromatic N) is 5. The van der Waals surface area contributed by atoms with E-state index in [0.29, 0.717) is 6.04 Å². The molecule has 3 rings (SSSR count). The van der Waals surface area contributed by atoms with Gasteiger partial charge in [0.15, 0.2) is 5.82 Å². The lowest BCUT2D eigenvalue weighted by atomic mass is 10.1. The van der Waals surface area contributed by atoms with Gasteiger partial charge in [-0.1, -0.05) is 0 Å². The lowest BCUT2D eigenvalue weighted by molar-refractivity contribution is 0.261. The Morgan fingerprint density at radius 1 is 1.37 bits per heavy atom. The third kappa shape index (κ3) is 2.90. The molecule has 1 aliphatic rings. The highest BCUT2D eigenvalue weighted by Crippen LogP contribution is 2.15. The van der Waals surface area contributed by atoms with E-state index in [-0.39, 0.29) is 0 Å². The Balaban J connectivity index is 1.66. The third-order valence-corrected chi connectivity index (χ3v) is 3.40. The molecule has 0 bridgehead atoms. The molecule has 1 saturated heterocycles. The van der Waals surface area contributed by atoms with E-state index < -0.39 is 0 Å². The largest absolute Gasteiger partial charge is 0.380 e. The Morgan fingerprint density at radius 2 is 2.32 bits per heavy atom. The van der Waals surface area contributed by atoms with Crippen molar-refractivity contribution < 1.29 is 0 Å². The van der Waals surface area contributed by atoms with Crippen LogP contribution in [0.4, 0.5) is 5.69 Å². The lowest BCUT2D eigenvalue weighted by Gasteiger charge is -2.30. The van der Waals surface area contributed by atoms with Gasteiger partial charge in [-0.05, 0) is 38.6 Å². The average molecular weight is 258 g/mol. The molecule has 2 aromatic rings. The van der Waals surface area contributed by atoms with E-state index in [1.54, 1.807) is 11.0 Å². The van der Waals surface area contributed by atoms with Crippen LogP contribution in [0.3, 0.4) is 0 Å². The number of rotatable bonds is 3. The number of hydrogen-bond acceptors (Lipinski definition) is 5. The molecule has 0 radical (unpaired) electrons. The number of pyridine rings is 1. The molecule has 100 valence electrons. The highest BCUT2D eigenvalue weighted by molar-refractivity contribution is 5.44. The predicted octanol–water partition coefficient (Wildman–Crippen LogP) is 1.17. The standard InChI is InChI=1S/C13H18N6/c1-18-6-2-3-12(8-18)17-11-4-5-13(15-7-11)19-10-14-9-16-19/h4-5,7,9-10,12,17H,2-3,6,8H2,1H3. The summed E-state index contributed by atoms with van der Waals surface area (Å²) in [6, 6.07) is 4.50. The van der Waals surface area contributed by atoms with Crippen LogP contribution in [0.15, 0.2) is 31.0 Å². The molecular weight excluding hydrogens is 240 g/mol. The topological polar surface area (TPSA) is 58.9 Å². The molecule has 0 amide bonds. The maximum Gasteiger partial charge on any atom is 0.155 e. The van der Waals surface area contributed by atoms with Gasteiger partial charge in [0, 0.05) is 12.6 Å². The second kappa shape index (κ2) is 5.36. The van der Waals surface area contributed by atoms with Crippen LogP contribution in [0, 0.1) is 0 Å². The highest BCUT2D eigenvalue weighted by atomic mass is 15.3. The summed E-state index contributed by atoms with van der Waals surface area (Å²) in [6.07, 6.45) is 7.47. The number of aromatic nitrogens is 4. The molecule has 0 aliphatic carbocycles. The highest BCUT2D eigenvalue weighted by Gasteiger charge is 2.16. The minimum Gasteiger partial charge on any atom is -0.380 e. The number of likely N-dealkylation sites (tertiary alicyclic amines) is 1. The molecule has 1 atom stereocenters. The number of hydrogen-bond donors (Lipinski definition) is 1. The van der Waals surface area contributed by atoms with E-state index in [2.05, 4.69) is 32.3 Å². The van der Waals surface area contributed by atoms with E-state index in [1.165, 1.54) is 25.7 Å². The monoisotopic (exact) mass is 258 g/mol. The van der Waals surface area contributed by atoms with Crippen molar-refractivity contribution >= 4 is 5.69 Å². The van der Waals surface area contributed by atoms with Crippen molar-refractivity contribution in [2.24, 2.45) is 0 Å². The van der Waals surface area contributed by atoms with Crippen molar-refractivity contribution in [3.8, 4) is 5.82 Å². The van der Waals surface area contributed by atoms with Crippen LogP contribution in [0.1, 0.15) is 12.8 Å². The second-order valence-corrected chi connectivity index (χ2v) is 4.99. The molecule has 19 heavy (non-hydrogen) atoms. The van der Waals surface area contributed by atoms with Gasteiger partial charge in [-0.3, -0.25) is 0 Å². The van der Waals surface area contributed by atoms with Crippen LogP contribution in [0.5, 0.6) is 0 Å². The fourth-order valence-electron chi connectivity index (χ4n) is 2.45. The summed E-state index contributed by atoms with van der Waals surface area (Å²) in [5.41, 5.74) is 1.06. The Hall–Kier alpha value is -1.95. The summed E-state index contributed by atoms with van der Waals surface area (Å²) in [5.74, 6) is 0.781. The zero-order valence-electron chi connectivity index (χ0n) is 11.0. The fraction of sp³-hybridized carbons (Fsp3) is 0.462. The van der Waals surface area contributed by atoms with Gasteiger partial charge in [-0.15, -0.1) is 0 Å². The van der Waals surface area contributed by atoms with Crippen LogP contribution in [-0.4, -0.2) is 50.8 Å². The molecule has 6 heteroatoms. The number of nitrogens with one attached hydrogen (secondary N) is 1. The van der Waals surface area contributed by atoms with Crippen molar-refractivity contribution in [3.63, 3.8) is 0 Å². The van der Waals surface area contributed by atoms with Crippen LogP contribution >= 0.6 is 0 Å². The van der Waals surface area contributed by atoms with Gasteiger partial charge >= 0.3 is 0 Å². The predicted molar refractivity (Wildman–Crippen MR) is 73.3 cm³/mol. The molecule has 0 aromatic carbocycles. The van der Waals surface area contributed by atoms with Crippen molar-refractivity contribution in [2.45, 2.75) is 18.9 Å². The van der Waals surface area contributed by atoms with Gasteiger partial charge in [0.2, 0.25) is 0 Å². The number of likely N-dealkylation sites (N-methyl/N-ethyl adjacent to an activating group) is 1. The molecule has 1 N–H and O–H groups in total. The van der Waals surface area contributed by atoms with Crippen LogP contribution in [-0.2, 0) is 0 Å². The van der Waals surface area contributed by atoms with Gasteiger partial charge in [0.25, 0.3) is 0 Å². The van der Waals surface area contributed by atoms with E-state index in [9.17, 15) is 0 Å². The van der Waals surface area contributed by atoms with Gasteiger partial charge in [-0.25, -0.2) is 14.6 Å². The normalized spacial score (nSPS) is 20.4. The second-order valence-electron chi connectivity index (χ2n) is 4.99.